The normalized spacial score (nSPS) is 47.1. The van der Waals surface area contributed by atoms with E-state index in [-0.39, 0.29) is 84.1 Å². The number of methoxy groups -OCH3 is 1. The fourth-order valence-electron chi connectivity index (χ4n) is 10.5. The Bertz CT molecular complexity index is 1110. The van der Waals surface area contributed by atoms with Gasteiger partial charge in [0.2, 0.25) is 0 Å². The first-order valence-corrected chi connectivity index (χ1v) is 19.3. The molecule has 2 bridgehead atoms. The Morgan fingerprint density at radius 2 is 1.69 bits per heavy atom. The molecule has 4 fully saturated rings. The minimum absolute atomic E-state index is 0.0188. The van der Waals surface area contributed by atoms with Gasteiger partial charge in [-0.3, -0.25) is 9.69 Å². The zero-order valence-electron chi connectivity index (χ0n) is 32.6. The Morgan fingerprint density at radius 1 is 1.00 bits per heavy atom. The van der Waals surface area contributed by atoms with Gasteiger partial charge in [0.25, 0.3) is 0 Å². The number of nitrogens with zero attached hydrogens (tertiary/aromatic N) is 1. The van der Waals surface area contributed by atoms with Crippen LogP contribution in [-0.4, -0.2) is 97.2 Å². The number of esters is 1. The van der Waals surface area contributed by atoms with Gasteiger partial charge in [0.15, 0.2) is 0 Å². The molecule has 0 aliphatic carbocycles. The van der Waals surface area contributed by atoms with E-state index in [1.807, 2.05) is 18.9 Å². The number of alkyl halides is 1. The van der Waals surface area contributed by atoms with E-state index < -0.39 is 24.5 Å². The Kier molecular flexibility index (Phi) is 13.7. The standard InChI is InChI=1S/C40H70FNO7/c1-13-34-23(2)16-24(3)37-25(4)20-40(10,49-37)32(19-35-36(43)33(17-26(5)47-35)42(11)15-14-41)28(7)31(29(8)38(44)48-34)18-30-22-39(9,45-12)21-27(6)46-30/h23-25,27-37,43H,5,13-22H2,1-4,6-12H3/t23-,24-,25-,27+,28+,29-,30+,31+,32-,33+,34-,35+,36-,37+,39+,40-/m1/s1. The van der Waals surface area contributed by atoms with Gasteiger partial charge >= 0.3 is 5.97 Å². The van der Waals surface area contributed by atoms with E-state index in [1.54, 1.807) is 7.11 Å². The van der Waals surface area contributed by atoms with Crippen molar-refractivity contribution in [1.82, 2.24) is 4.90 Å². The highest BCUT2D eigenvalue weighted by Gasteiger charge is 2.54. The number of aliphatic hydroxyl groups is 1. The molecule has 0 aromatic heterocycles. The van der Waals surface area contributed by atoms with Crippen molar-refractivity contribution in [2.75, 3.05) is 27.4 Å². The molecular weight excluding hydrogens is 625 g/mol. The Labute approximate surface area is 297 Å². The van der Waals surface area contributed by atoms with Crippen molar-refractivity contribution in [2.24, 2.45) is 41.4 Å². The molecule has 0 aromatic rings. The summed E-state index contributed by atoms with van der Waals surface area (Å²) in [6.45, 7) is 23.6. The van der Waals surface area contributed by atoms with Crippen LogP contribution in [0.1, 0.15) is 114 Å². The third kappa shape index (κ3) is 9.22. The molecule has 4 aliphatic rings. The number of hydrogen-bond donors (Lipinski definition) is 1. The number of aliphatic hydroxyl groups excluding tert-OH is 1. The average molecular weight is 696 g/mol. The van der Waals surface area contributed by atoms with Crippen LogP contribution in [0.5, 0.6) is 0 Å². The molecule has 0 unspecified atom stereocenters. The van der Waals surface area contributed by atoms with Crippen LogP contribution in [0.4, 0.5) is 4.39 Å². The van der Waals surface area contributed by atoms with Crippen molar-refractivity contribution < 1.29 is 38.0 Å². The van der Waals surface area contributed by atoms with Crippen molar-refractivity contribution in [3.8, 4) is 0 Å². The summed E-state index contributed by atoms with van der Waals surface area (Å²) in [4.78, 5) is 16.1. The molecule has 4 aliphatic heterocycles. The van der Waals surface area contributed by atoms with Crippen molar-refractivity contribution in [3.63, 3.8) is 0 Å². The fourth-order valence-corrected chi connectivity index (χ4v) is 10.5. The molecule has 0 aromatic carbocycles. The van der Waals surface area contributed by atoms with Gasteiger partial charge in [-0.15, -0.1) is 0 Å². The number of hydrogen-bond acceptors (Lipinski definition) is 8. The van der Waals surface area contributed by atoms with Crippen molar-refractivity contribution in [1.29, 1.82) is 0 Å². The number of halogens is 1. The Balaban J connectivity index is 1.78. The van der Waals surface area contributed by atoms with Gasteiger partial charge in [-0.05, 0) is 95.4 Å². The molecule has 9 heteroatoms. The van der Waals surface area contributed by atoms with Gasteiger partial charge in [-0.25, -0.2) is 4.39 Å². The summed E-state index contributed by atoms with van der Waals surface area (Å²) in [5.41, 5.74) is -0.827. The minimum atomic E-state index is -0.826. The SMILES string of the molecule is C=C1C[C@H](N(C)CCF)[C@@H](O)[C@H](C[C@@H]2[C@@H](C)[C@H](C[C@H]3C[C@@](C)(OC)C[C@H](C)O3)[C@@H](C)C(=O)O[C@H](CC)[C@H](C)C[C@@H](C)[C@@H]3O[C@]2(C)C[C@H]3C)O1. The second-order valence-corrected chi connectivity index (χ2v) is 17.3. The zero-order chi connectivity index (χ0) is 36.4. The maximum Gasteiger partial charge on any atom is 0.309 e. The second kappa shape index (κ2) is 16.6. The van der Waals surface area contributed by atoms with Crippen molar-refractivity contribution >= 4 is 5.97 Å². The first-order valence-electron chi connectivity index (χ1n) is 19.3. The maximum atomic E-state index is 14.2. The highest BCUT2D eigenvalue weighted by Crippen LogP contribution is 2.51. The van der Waals surface area contributed by atoms with Crippen LogP contribution in [-0.2, 0) is 28.5 Å². The predicted octanol–water partition coefficient (Wildman–Crippen LogP) is 7.36. The number of cyclic esters (lactones) is 1. The molecule has 49 heavy (non-hydrogen) atoms. The third-order valence-electron chi connectivity index (χ3n) is 13.3. The van der Waals surface area contributed by atoms with Gasteiger partial charge in [0.1, 0.15) is 25.0 Å². The van der Waals surface area contributed by atoms with Gasteiger partial charge in [0, 0.05) is 39.0 Å². The van der Waals surface area contributed by atoms with E-state index in [4.69, 9.17) is 23.7 Å². The monoisotopic (exact) mass is 696 g/mol. The first-order chi connectivity index (χ1) is 22.9. The molecule has 284 valence electrons. The van der Waals surface area contributed by atoms with Crippen LogP contribution < -0.4 is 0 Å². The summed E-state index contributed by atoms with van der Waals surface area (Å²) in [6, 6.07) is -0.294. The lowest BCUT2D eigenvalue weighted by Gasteiger charge is -2.48. The highest BCUT2D eigenvalue weighted by molar-refractivity contribution is 5.72. The summed E-state index contributed by atoms with van der Waals surface area (Å²) in [7, 11) is 3.63. The number of ether oxygens (including phenoxy) is 5. The Hall–Kier alpha value is -1.26. The topological polar surface area (TPSA) is 86.7 Å². The lowest BCUT2D eigenvalue weighted by Crippen LogP contribution is -2.54. The van der Waals surface area contributed by atoms with E-state index >= 15 is 0 Å². The predicted molar refractivity (Wildman–Crippen MR) is 191 cm³/mol. The summed E-state index contributed by atoms with van der Waals surface area (Å²) in [6.07, 6.45) is 4.25. The van der Waals surface area contributed by atoms with Crippen LogP contribution in [0, 0.1) is 41.4 Å². The maximum absolute atomic E-state index is 14.2. The van der Waals surface area contributed by atoms with Crippen molar-refractivity contribution in [2.45, 2.75) is 168 Å². The van der Waals surface area contributed by atoms with E-state index in [9.17, 15) is 14.3 Å². The average Bonchev–Trinajstić information content (AvgIpc) is 3.35. The van der Waals surface area contributed by atoms with Gasteiger partial charge in [0.05, 0.1) is 41.2 Å². The molecule has 8 nitrogen and oxygen atoms in total. The highest BCUT2D eigenvalue weighted by atomic mass is 19.1. The van der Waals surface area contributed by atoms with E-state index in [2.05, 4.69) is 62.0 Å². The molecule has 4 rings (SSSR count). The largest absolute Gasteiger partial charge is 0.493 e. The molecule has 0 saturated carbocycles. The van der Waals surface area contributed by atoms with E-state index in [0.717, 1.165) is 32.1 Å². The summed E-state index contributed by atoms with van der Waals surface area (Å²) < 4.78 is 46.1. The van der Waals surface area contributed by atoms with E-state index in [0.29, 0.717) is 30.9 Å². The lowest BCUT2D eigenvalue weighted by atomic mass is 9.65. The fraction of sp³-hybridized carbons (Fsp3) is 0.925. The summed E-state index contributed by atoms with van der Waals surface area (Å²) in [5, 5.41) is 11.8. The van der Waals surface area contributed by atoms with Crippen molar-refractivity contribution in [3.05, 3.63) is 12.3 Å². The molecule has 16 atom stereocenters. The van der Waals surface area contributed by atoms with Crippen LogP contribution in [0.25, 0.3) is 0 Å². The summed E-state index contributed by atoms with van der Waals surface area (Å²) >= 11 is 0. The van der Waals surface area contributed by atoms with Gasteiger partial charge in [-0.1, -0.05) is 48.1 Å². The number of carbonyl (C=O) groups excluding carboxylic acids is 1. The molecular formula is C40H70FNO7. The molecule has 4 heterocycles. The number of likely N-dealkylation sites (N-methyl/N-ethyl adjacent to an activating group) is 1. The first kappa shape index (κ1) is 40.5. The molecule has 0 radical (unpaired) electrons. The van der Waals surface area contributed by atoms with E-state index in [1.165, 1.54) is 0 Å². The zero-order valence-corrected chi connectivity index (χ0v) is 32.6. The molecule has 0 amide bonds. The lowest BCUT2D eigenvalue weighted by molar-refractivity contribution is -0.169. The molecule has 1 N–H and O–H groups in total. The molecule has 4 saturated heterocycles. The van der Waals surface area contributed by atoms with Crippen LogP contribution >= 0.6 is 0 Å². The third-order valence-corrected chi connectivity index (χ3v) is 13.3. The minimum Gasteiger partial charge on any atom is -0.493 e. The number of carbonyl (C=O) groups is 1. The van der Waals surface area contributed by atoms with Gasteiger partial charge in [-0.2, -0.15) is 0 Å². The number of fused-ring (bicyclic) bond motifs is 2. The number of rotatable bonds is 9. The molecule has 0 spiro atoms. The summed E-state index contributed by atoms with van der Waals surface area (Å²) in [5.74, 6) is 0.703. The van der Waals surface area contributed by atoms with Crippen LogP contribution in [0.2, 0.25) is 0 Å². The second-order valence-electron chi connectivity index (χ2n) is 17.3. The Morgan fingerprint density at radius 3 is 2.33 bits per heavy atom. The smallest absolute Gasteiger partial charge is 0.309 e. The van der Waals surface area contributed by atoms with Crippen LogP contribution in [0.15, 0.2) is 12.3 Å². The quantitative estimate of drug-likeness (QED) is 0.251. The van der Waals surface area contributed by atoms with Gasteiger partial charge < -0.3 is 28.8 Å². The van der Waals surface area contributed by atoms with Crippen LogP contribution in [0.3, 0.4) is 0 Å².